The predicted octanol–water partition coefficient (Wildman–Crippen LogP) is 2.90. The summed E-state index contributed by atoms with van der Waals surface area (Å²) in [7, 11) is 0. The number of rotatable bonds is 4. The van der Waals surface area contributed by atoms with E-state index >= 15 is 0 Å². The lowest BCUT2D eigenvalue weighted by atomic mass is 9.72. The van der Waals surface area contributed by atoms with Gasteiger partial charge < -0.3 is 0 Å². The lowest BCUT2D eigenvalue weighted by Crippen LogP contribution is -2.24. The molecule has 0 heterocycles. The average Bonchev–Trinajstić information content (AvgIpc) is 2.39. The fourth-order valence-corrected chi connectivity index (χ4v) is 1.71. The zero-order chi connectivity index (χ0) is 12.7. The average molecular weight is 221 g/mol. The van der Waals surface area contributed by atoms with Crippen molar-refractivity contribution in [1.29, 1.82) is 15.8 Å². The summed E-state index contributed by atoms with van der Waals surface area (Å²) >= 11 is 0. The molecule has 0 radical (unpaired) electrons. The molecule has 1 aromatic rings. The minimum absolute atomic E-state index is 0.174. The van der Waals surface area contributed by atoms with Crippen LogP contribution in [0.4, 0.5) is 0 Å². The normalized spacial score (nSPS) is 11.6. The molecule has 1 atom stereocenters. The lowest BCUT2D eigenvalue weighted by Gasteiger charge is -2.22. The van der Waals surface area contributed by atoms with Gasteiger partial charge in [-0.25, -0.2) is 0 Å². The van der Waals surface area contributed by atoms with Gasteiger partial charge in [-0.15, -0.1) is 6.58 Å². The second-order valence-corrected chi connectivity index (χ2v) is 3.66. The van der Waals surface area contributed by atoms with Crippen molar-refractivity contribution in [2.24, 2.45) is 5.41 Å². The van der Waals surface area contributed by atoms with Crippen LogP contribution in [0.1, 0.15) is 17.9 Å². The summed E-state index contributed by atoms with van der Waals surface area (Å²) in [5.41, 5.74) is -0.683. The Morgan fingerprint density at radius 2 is 1.76 bits per heavy atom. The van der Waals surface area contributed by atoms with Gasteiger partial charge in [0.15, 0.2) is 5.41 Å². The molecule has 0 fully saturated rings. The Bertz CT molecular complexity index is 497. The molecule has 3 nitrogen and oxygen atoms in total. The summed E-state index contributed by atoms with van der Waals surface area (Å²) < 4.78 is 0. The first-order chi connectivity index (χ1) is 8.24. The molecule has 17 heavy (non-hydrogen) atoms. The molecule has 0 N–H and O–H groups in total. The number of benzene rings is 1. The first-order valence-electron chi connectivity index (χ1n) is 5.12. The minimum atomic E-state index is -1.36. The van der Waals surface area contributed by atoms with Crippen LogP contribution in [0.15, 0.2) is 43.0 Å². The molecular formula is C14H11N3. The van der Waals surface area contributed by atoms with E-state index in [2.05, 4.69) is 12.6 Å². The molecule has 1 unspecified atom stereocenters. The van der Waals surface area contributed by atoms with Crippen LogP contribution < -0.4 is 0 Å². The van der Waals surface area contributed by atoms with Crippen LogP contribution in [-0.2, 0) is 0 Å². The number of nitrogens with zero attached hydrogens (tertiary/aromatic N) is 3. The molecule has 0 saturated heterocycles. The van der Waals surface area contributed by atoms with Gasteiger partial charge in [0.05, 0.1) is 18.2 Å². The van der Waals surface area contributed by atoms with Gasteiger partial charge in [-0.2, -0.15) is 15.8 Å². The van der Waals surface area contributed by atoms with Gasteiger partial charge in [0.25, 0.3) is 0 Å². The third-order valence-electron chi connectivity index (χ3n) is 2.62. The van der Waals surface area contributed by atoms with Crippen molar-refractivity contribution in [1.82, 2.24) is 0 Å². The standard InChI is InChI=1S/C14H11N3/c1-2-8-14(10-16,11-17)13(9-15)12-6-4-3-5-7-12/h2-7,13H,1,8H2. The molecule has 1 rings (SSSR count). The molecule has 0 bridgehead atoms. The molecule has 3 heteroatoms. The molecule has 1 aromatic carbocycles. The maximum absolute atomic E-state index is 9.22. The summed E-state index contributed by atoms with van der Waals surface area (Å²) in [4.78, 5) is 0. The van der Waals surface area contributed by atoms with Crippen LogP contribution in [0.3, 0.4) is 0 Å². The highest BCUT2D eigenvalue weighted by molar-refractivity contribution is 5.36. The number of allylic oxidation sites excluding steroid dienone is 1. The van der Waals surface area contributed by atoms with Gasteiger partial charge in [0, 0.05) is 0 Å². The highest BCUT2D eigenvalue weighted by Crippen LogP contribution is 2.38. The van der Waals surface area contributed by atoms with Crippen molar-refractivity contribution in [3.05, 3.63) is 48.6 Å². The van der Waals surface area contributed by atoms with E-state index in [4.69, 9.17) is 0 Å². The van der Waals surface area contributed by atoms with Crippen molar-refractivity contribution in [3.63, 3.8) is 0 Å². The number of nitriles is 3. The van der Waals surface area contributed by atoms with Gasteiger partial charge in [-0.1, -0.05) is 36.4 Å². The van der Waals surface area contributed by atoms with Crippen molar-refractivity contribution in [2.45, 2.75) is 12.3 Å². The van der Waals surface area contributed by atoms with Crippen molar-refractivity contribution >= 4 is 0 Å². The first-order valence-corrected chi connectivity index (χ1v) is 5.12. The Balaban J connectivity index is 3.28. The van der Waals surface area contributed by atoms with E-state index in [0.717, 1.165) is 0 Å². The second-order valence-electron chi connectivity index (χ2n) is 3.66. The summed E-state index contributed by atoms with van der Waals surface area (Å²) in [5, 5.41) is 27.6. The van der Waals surface area contributed by atoms with E-state index in [1.165, 1.54) is 6.08 Å². The van der Waals surface area contributed by atoms with Crippen molar-refractivity contribution in [2.75, 3.05) is 0 Å². The van der Waals surface area contributed by atoms with E-state index in [1.807, 2.05) is 18.2 Å². The molecule has 0 amide bonds. The zero-order valence-electron chi connectivity index (χ0n) is 9.30. The zero-order valence-corrected chi connectivity index (χ0v) is 9.30. The molecule has 0 aromatic heterocycles. The Labute approximate surface area is 101 Å². The van der Waals surface area contributed by atoms with E-state index in [0.29, 0.717) is 5.56 Å². The third-order valence-corrected chi connectivity index (χ3v) is 2.62. The second kappa shape index (κ2) is 5.50. The van der Waals surface area contributed by atoms with Gasteiger partial charge in [0.1, 0.15) is 5.92 Å². The van der Waals surface area contributed by atoms with Crippen LogP contribution >= 0.6 is 0 Å². The molecular weight excluding hydrogens is 210 g/mol. The van der Waals surface area contributed by atoms with E-state index in [1.54, 1.807) is 24.3 Å². The monoisotopic (exact) mass is 221 g/mol. The molecule has 0 spiro atoms. The highest BCUT2D eigenvalue weighted by Gasteiger charge is 2.39. The van der Waals surface area contributed by atoms with Gasteiger partial charge in [-0.05, 0) is 12.0 Å². The summed E-state index contributed by atoms with van der Waals surface area (Å²) in [6, 6.07) is 14.9. The fraction of sp³-hybridized carbons (Fsp3) is 0.214. The SMILES string of the molecule is C=CCC(C#N)(C#N)C(C#N)c1ccccc1. The highest BCUT2D eigenvalue weighted by atomic mass is 14.5. The smallest absolute Gasteiger partial charge is 0.166 e. The van der Waals surface area contributed by atoms with Crippen LogP contribution in [0.5, 0.6) is 0 Å². The van der Waals surface area contributed by atoms with Crippen LogP contribution in [0.25, 0.3) is 0 Å². The van der Waals surface area contributed by atoms with Crippen LogP contribution in [0.2, 0.25) is 0 Å². The Kier molecular flexibility index (Phi) is 4.04. The summed E-state index contributed by atoms with van der Waals surface area (Å²) in [5.74, 6) is -0.767. The van der Waals surface area contributed by atoms with E-state index < -0.39 is 11.3 Å². The topological polar surface area (TPSA) is 71.4 Å². The van der Waals surface area contributed by atoms with Gasteiger partial charge in [0.2, 0.25) is 0 Å². The molecule has 0 aliphatic rings. The quantitative estimate of drug-likeness (QED) is 0.734. The Hall–Kier alpha value is -2.57. The minimum Gasteiger partial charge on any atom is -0.198 e. The maximum Gasteiger partial charge on any atom is 0.166 e. The molecule has 0 aliphatic carbocycles. The van der Waals surface area contributed by atoms with E-state index in [-0.39, 0.29) is 6.42 Å². The third kappa shape index (κ3) is 2.33. The van der Waals surface area contributed by atoms with Crippen LogP contribution in [-0.4, -0.2) is 0 Å². The first kappa shape index (κ1) is 12.5. The maximum atomic E-state index is 9.22. The predicted molar refractivity (Wildman–Crippen MR) is 63.3 cm³/mol. The molecule has 0 saturated carbocycles. The van der Waals surface area contributed by atoms with E-state index in [9.17, 15) is 15.8 Å². The molecule has 0 aliphatic heterocycles. The van der Waals surface area contributed by atoms with Crippen LogP contribution in [0, 0.1) is 39.4 Å². The Morgan fingerprint density at radius 3 is 2.18 bits per heavy atom. The summed E-state index contributed by atoms with van der Waals surface area (Å²) in [6.45, 7) is 3.54. The lowest BCUT2D eigenvalue weighted by molar-refractivity contribution is 0.480. The Morgan fingerprint density at radius 1 is 1.18 bits per heavy atom. The number of hydrogen-bond donors (Lipinski definition) is 0. The van der Waals surface area contributed by atoms with Crippen molar-refractivity contribution in [3.8, 4) is 18.2 Å². The number of hydrogen-bond acceptors (Lipinski definition) is 3. The fourth-order valence-electron chi connectivity index (χ4n) is 1.71. The summed E-state index contributed by atoms with van der Waals surface area (Å²) in [6.07, 6.45) is 1.67. The van der Waals surface area contributed by atoms with Crippen molar-refractivity contribution < 1.29 is 0 Å². The van der Waals surface area contributed by atoms with Gasteiger partial charge >= 0.3 is 0 Å². The van der Waals surface area contributed by atoms with Gasteiger partial charge in [-0.3, -0.25) is 0 Å². The molecule has 82 valence electrons. The largest absolute Gasteiger partial charge is 0.198 e.